The standard InChI is InChI=1S/C27H35FN4O4S/c1-5-20(17-6-8-18(9-7-17)23-16(4)29-14-37-23)30-24(34)21-12-19(33)13-32(21)25(35)22(15(2)3)31-26(36)27(28)10-11-27/h6-9,14-15,19-22,33H,5,10-13H2,1-4H3,(H,30,34)(H,31,36)/t19-,20+,21+,22+/m1/s1. The minimum Gasteiger partial charge on any atom is -0.391 e. The van der Waals surface area contributed by atoms with Gasteiger partial charge in [-0.1, -0.05) is 45.0 Å². The Bertz CT molecular complexity index is 1150. The molecule has 1 aromatic carbocycles. The van der Waals surface area contributed by atoms with Crippen LogP contribution >= 0.6 is 11.3 Å². The fourth-order valence-electron chi connectivity index (χ4n) is 4.74. The average Bonchev–Trinajstić information content (AvgIpc) is 3.28. The summed E-state index contributed by atoms with van der Waals surface area (Å²) in [6.07, 6.45) is 0.171. The maximum atomic E-state index is 14.2. The highest BCUT2D eigenvalue weighted by atomic mass is 32.1. The van der Waals surface area contributed by atoms with Crippen LogP contribution in [-0.2, 0) is 14.4 Å². The third-order valence-electron chi connectivity index (χ3n) is 7.23. The van der Waals surface area contributed by atoms with E-state index < -0.39 is 35.7 Å². The number of hydrogen-bond acceptors (Lipinski definition) is 6. The summed E-state index contributed by atoms with van der Waals surface area (Å²) in [6.45, 7) is 7.43. The van der Waals surface area contributed by atoms with Crippen molar-refractivity contribution in [2.75, 3.05) is 6.54 Å². The highest BCUT2D eigenvalue weighted by molar-refractivity contribution is 7.13. The molecule has 3 N–H and O–H groups in total. The summed E-state index contributed by atoms with van der Waals surface area (Å²) >= 11 is 1.58. The Labute approximate surface area is 220 Å². The Balaban J connectivity index is 1.46. The van der Waals surface area contributed by atoms with E-state index in [1.807, 2.05) is 43.6 Å². The van der Waals surface area contributed by atoms with Crippen molar-refractivity contribution in [1.82, 2.24) is 20.5 Å². The molecular formula is C27H35FN4O4S. The Hall–Kier alpha value is -2.85. The van der Waals surface area contributed by atoms with Crippen molar-refractivity contribution < 1.29 is 23.9 Å². The molecule has 1 saturated carbocycles. The third-order valence-corrected chi connectivity index (χ3v) is 8.20. The van der Waals surface area contributed by atoms with E-state index in [2.05, 4.69) is 15.6 Å². The van der Waals surface area contributed by atoms with Crippen molar-refractivity contribution in [3.63, 3.8) is 0 Å². The van der Waals surface area contributed by atoms with Gasteiger partial charge in [0.25, 0.3) is 5.91 Å². The Morgan fingerprint density at radius 2 is 1.89 bits per heavy atom. The van der Waals surface area contributed by atoms with Crippen molar-refractivity contribution in [2.45, 2.75) is 83.3 Å². The molecule has 10 heteroatoms. The second kappa shape index (κ2) is 10.9. The van der Waals surface area contributed by atoms with E-state index in [1.165, 1.54) is 4.90 Å². The predicted octanol–water partition coefficient (Wildman–Crippen LogP) is 3.29. The number of aliphatic hydroxyl groups is 1. The van der Waals surface area contributed by atoms with Crippen LogP contribution in [0.15, 0.2) is 29.8 Å². The number of benzene rings is 1. The zero-order valence-corrected chi connectivity index (χ0v) is 22.5. The van der Waals surface area contributed by atoms with Crippen LogP contribution < -0.4 is 10.6 Å². The number of alkyl halides is 1. The fourth-order valence-corrected chi connectivity index (χ4v) is 5.55. The van der Waals surface area contributed by atoms with Crippen LogP contribution in [0.1, 0.15) is 63.8 Å². The summed E-state index contributed by atoms with van der Waals surface area (Å²) in [6, 6.07) is 5.83. The molecule has 0 unspecified atom stereocenters. The van der Waals surface area contributed by atoms with E-state index in [0.29, 0.717) is 6.42 Å². The number of aryl methyl sites for hydroxylation is 1. The zero-order chi connectivity index (χ0) is 26.9. The maximum absolute atomic E-state index is 14.2. The summed E-state index contributed by atoms with van der Waals surface area (Å²) in [5, 5.41) is 15.9. The van der Waals surface area contributed by atoms with Gasteiger partial charge in [-0.05, 0) is 43.2 Å². The Morgan fingerprint density at radius 1 is 1.22 bits per heavy atom. The first-order valence-corrected chi connectivity index (χ1v) is 13.7. The normalized spacial score (nSPS) is 22.0. The quantitative estimate of drug-likeness (QED) is 0.461. The summed E-state index contributed by atoms with van der Waals surface area (Å²) < 4.78 is 14.2. The Kier molecular flexibility index (Phi) is 7.99. The molecule has 200 valence electrons. The fraction of sp³-hybridized carbons (Fsp3) is 0.556. The number of halogens is 1. The Morgan fingerprint density at radius 3 is 2.43 bits per heavy atom. The van der Waals surface area contributed by atoms with Crippen LogP contribution in [0.2, 0.25) is 0 Å². The highest BCUT2D eigenvalue weighted by Gasteiger charge is 2.52. The van der Waals surface area contributed by atoms with Gasteiger partial charge in [-0.15, -0.1) is 11.3 Å². The number of thiazole rings is 1. The van der Waals surface area contributed by atoms with Crippen LogP contribution in [0.25, 0.3) is 10.4 Å². The van der Waals surface area contributed by atoms with Gasteiger partial charge in [0, 0.05) is 13.0 Å². The minimum atomic E-state index is -1.91. The molecule has 1 aliphatic carbocycles. The lowest BCUT2D eigenvalue weighted by molar-refractivity contribution is -0.143. The number of aliphatic hydroxyl groups excluding tert-OH is 1. The lowest BCUT2D eigenvalue weighted by atomic mass is 10.0. The van der Waals surface area contributed by atoms with E-state index in [1.54, 1.807) is 25.2 Å². The predicted molar refractivity (Wildman–Crippen MR) is 139 cm³/mol. The summed E-state index contributed by atoms with van der Waals surface area (Å²) in [7, 11) is 0. The molecule has 2 aromatic rings. The number of carbonyl (C=O) groups is 3. The number of amides is 3. The van der Waals surface area contributed by atoms with Gasteiger partial charge in [0.2, 0.25) is 11.8 Å². The molecule has 0 radical (unpaired) electrons. The first-order chi connectivity index (χ1) is 17.5. The molecule has 3 amide bonds. The topological polar surface area (TPSA) is 112 Å². The van der Waals surface area contributed by atoms with Gasteiger partial charge in [0.05, 0.1) is 28.2 Å². The van der Waals surface area contributed by atoms with Crippen LogP contribution in [0.4, 0.5) is 4.39 Å². The van der Waals surface area contributed by atoms with Crippen LogP contribution in [-0.4, -0.2) is 63.1 Å². The lowest BCUT2D eigenvalue weighted by Crippen LogP contribution is -2.56. The molecule has 1 aliphatic heterocycles. The summed E-state index contributed by atoms with van der Waals surface area (Å²) in [5.74, 6) is -1.95. The monoisotopic (exact) mass is 530 g/mol. The van der Waals surface area contributed by atoms with E-state index in [0.717, 1.165) is 21.7 Å². The molecule has 1 saturated heterocycles. The molecule has 2 fully saturated rings. The SMILES string of the molecule is CC[C@H](NC(=O)[C@@H]1C[C@@H](O)CN1C(=O)[C@@H](NC(=O)C1(F)CC1)C(C)C)c1ccc(-c2scnc2C)cc1. The zero-order valence-electron chi connectivity index (χ0n) is 21.7. The van der Waals surface area contributed by atoms with E-state index >= 15 is 0 Å². The van der Waals surface area contributed by atoms with Gasteiger partial charge < -0.3 is 20.6 Å². The summed E-state index contributed by atoms with van der Waals surface area (Å²) in [4.78, 5) is 45.8. The molecule has 37 heavy (non-hydrogen) atoms. The van der Waals surface area contributed by atoms with Gasteiger partial charge in [-0.2, -0.15) is 0 Å². The van der Waals surface area contributed by atoms with Gasteiger partial charge in [0.1, 0.15) is 12.1 Å². The number of likely N-dealkylation sites (tertiary alicyclic amines) is 1. The molecular weight excluding hydrogens is 495 g/mol. The lowest BCUT2D eigenvalue weighted by Gasteiger charge is -2.31. The average molecular weight is 531 g/mol. The first kappa shape index (κ1) is 27.2. The molecule has 0 bridgehead atoms. The number of nitrogens with zero attached hydrogens (tertiary/aromatic N) is 2. The third kappa shape index (κ3) is 5.85. The highest BCUT2D eigenvalue weighted by Crippen LogP contribution is 2.40. The number of β-amino-alcohol motifs (C(OH)–C–C–N with tert-alkyl or cyclic N) is 1. The van der Waals surface area contributed by atoms with E-state index in [4.69, 9.17) is 0 Å². The molecule has 4 atom stereocenters. The largest absolute Gasteiger partial charge is 0.391 e. The number of carbonyl (C=O) groups excluding carboxylic acids is 3. The number of hydrogen-bond donors (Lipinski definition) is 3. The van der Waals surface area contributed by atoms with Gasteiger partial charge in [-0.3, -0.25) is 14.4 Å². The van der Waals surface area contributed by atoms with Crippen molar-refractivity contribution >= 4 is 29.1 Å². The van der Waals surface area contributed by atoms with Crippen molar-refractivity contribution in [3.8, 4) is 10.4 Å². The number of rotatable bonds is 9. The minimum absolute atomic E-state index is 0.0174. The van der Waals surface area contributed by atoms with Crippen molar-refractivity contribution in [3.05, 3.63) is 41.0 Å². The van der Waals surface area contributed by atoms with Gasteiger partial charge in [0.15, 0.2) is 5.67 Å². The number of aromatic nitrogens is 1. The molecule has 2 heterocycles. The van der Waals surface area contributed by atoms with Crippen molar-refractivity contribution in [1.29, 1.82) is 0 Å². The molecule has 2 aliphatic rings. The van der Waals surface area contributed by atoms with Crippen LogP contribution in [0.5, 0.6) is 0 Å². The molecule has 0 spiro atoms. The van der Waals surface area contributed by atoms with Gasteiger partial charge >= 0.3 is 0 Å². The second-order valence-corrected chi connectivity index (χ2v) is 11.3. The summed E-state index contributed by atoms with van der Waals surface area (Å²) in [5.41, 5.74) is 2.87. The molecule has 8 nitrogen and oxygen atoms in total. The van der Waals surface area contributed by atoms with Gasteiger partial charge in [-0.25, -0.2) is 9.37 Å². The van der Waals surface area contributed by atoms with Crippen molar-refractivity contribution in [2.24, 2.45) is 5.92 Å². The van der Waals surface area contributed by atoms with E-state index in [9.17, 15) is 23.9 Å². The smallest absolute Gasteiger partial charge is 0.258 e. The van der Waals surface area contributed by atoms with Crippen LogP contribution in [0.3, 0.4) is 0 Å². The maximum Gasteiger partial charge on any atom is 0.258 e. The first-order valence-electron chi connectivity index (χ1n) is 12.8. The molecule has 4 rings (SSSR count). The number of nitrogens with one attached hydrogen (secondary N) is 2. The van der Waals surface area contributed by atoms with Crippen LogP contribution in [0, 0.1) is 12.8 Å². The molecule has 1 aromatic heterocycles. The second-order valence-electron chi connectivity index (χ2n) is 10.4. The van der Waals surface area contributed by atoms with E-state index in [-0.39, 0.29) is 43.7 Å².